The van der Waals surface area contributed by atoms with Crippen LogP contribution >= 0.6 is 11.3 Å². The molecule has 0 radical (unpaired) electrons. The predicted octanol–water partition coefficient (Wildman–Crippen LogP) is 2.41. The Morgan fingerprint density at radius 2 is 2.47 bits per heavy atom. The van der Waals surface area contributed by atoms with Crippen molar-refractivity contribution in [3.63, 3.8) is 0 Å². The van der Waals surface area contributed by atoms with E-state index in [-0.39, 0.29) is 11.9 Å². The molecule has 17 heavy (non-hydrogen) atoms. The maximum Gasteiger partial charge on any atom is 0.273 e. The minimum atomic E-state index is -0.189. The van der Waals surface area contributed by atoms with Crippen LogP contribution in [0, 0.1) is 6.92 Å². The van der Waals surface area contributed by atoms with Gasteiger partial charge in [0.05, 0.1) is 0 Å². The smallest absolute Gasteiger partial charge is 0.273 e. The molecule has 0 spiro atoms. The summed E-state index contributed by atoms with van der Waals surface area (Å²) in [5, 5.41) is 8.61. The Morgan fingerprint density at radius 1 is 1.65 bits per heavy atom. The van der Waals surface area contributed by atoms with Gasteiger partial charge in [-0.3, -0.25) is 4.79 Å². The van der Waals surface area contributed by atoms with Crippen LogP contribution in [0.3, 0.4) is 0 Å². The van der Waals surface area contributed by atoms with E-state index in [1.807, 2.05) is 18.4 Å². The molecule has 0 aliphatic carbocycles. The predicted molar refractivity (Wildman–Crippen MR) is 66.2 cm³/mol. The third-order valence-electron chi connectivity index (χ3n) is 2.33. The molecule has 90 valence electrons. The Morgan fingerprint density at radius 3 is 3.06 bits per heavy atom. The maximum atomic E-state index is 11.8. The van der Waals surface area contributed by atoms with E-state index in [1.165, 1.54) is 4.88 Å². The SMILES string of the molecule is Cc1cc(C(=O)N[C@@H](C)Cc2cccs2)no1. The van der Waals surface area contributed by atoms with Gasteiger partial charge in [0.1, 0.15) is 5.76 Å². The number of nitrogens with zero attached hydrogens (tertiary/aromatic N) is 1. The molecule has 0 saturated carbocycles. The minimum Gasteiger partial charge on any atom is -0.361 e. The first-order valence-corrected chi connectivity index (χ1v) is 6.29. The fourth-order valence-electron chi connectivity index (χ4n) is 1.55. The molecule has 5 heteroatoms. The van der Waals surface area contributed by atoms with Crippen molar-refractivity contribution in [2.24, 2.45) is 0 Å². The fraction of sp³-hybridized carbons (Fsp3) is 0.333. The maximum absolute atomic E-state index is 11.8. The molecule has 0 aliphatic heterocycles. The summed E-state index contributed by atoms with van der Waals surface area (Å²) >= 11 is 1.69. The van der Waals surface area contributed by atoms with Gasteiger partial charge in [-0.25, -0.2) is 0 Å². The van der Waals surface area contributed by atoms with Gasteiger partial charge in [0.25, 0.3) is 5.91 Å². The van der Waals surface area contributed by atoms with E-state index in [2.05, 4.69) is 16.5 Å². The number of carbonyl (C=O) groups excluding carboxylic acids is 1. The molecule has 2 aromatic rings. The van der Waals surface area contributed by atoms with Crippen LogP contribution in [0.15, 0.2) is 28.1 Å². The van der Waals surface area contributed by atoms with Crippen molar-refractivity contribution in [3.05, 3.63) is 39.9 Å². The summed E-state index contributed by atoms with van der Waals surface area (Å²) in [5.74, 6) is 0.451. The highest BCUT2D eigenvalue weighted by Gasteiger charge is 2.14. The highest BCUT2D eigenvalue weighted by molar-refractivity contribution is 7.09. The Hall–Kier alpha value is -1.62. The molecule has 4 nitrogen and oxygen atoms in total. The lowest BCUT2D eigenvalue weighted by Gasteiger charge is -2.11. The van der Waals surface area contributed by atoms with Gasteiger partial charge in [-0.2, -0.15) is 0 Å². The average molecular weight is 250 g/mol. The molecular formula is C12H14N2O2S. The van der Waals surface area contributed by atoms with Crippen LogP contribution < -0.4 is 5.32 Å². The molecule has 2 heterocycles. The summed E-state index contributed by atoms with van der Waals surface area (Å²) in [6, 6.07) is 5.79. The van der Waals surface area contributed by atoms with Gasteiger partial charge in [-0.1, -0.05) is 11.2 Å². The fourth-order valence-corrected chi connectivity index (χ4v) is 2.39. The van der Waals surface area contributed by atoms with E-state index in [4.69, 9.17) is 4.52 Å². The van der Waals surface area contributed by atoms with Crippen molar-refractivity contribution >= 4 is 17.2 Å². The molecule has 0 saturated heterocycles. The number of amides is 1. The van der Waals surface area contributed by atoms with E-state index >= 15 is 0 Å². The number of rotatable bonds is 4. The molecular weight excluding hydrogens is 236 g/mol. The Labute approximate surface area is 104 Å². The van der Waals surface area contributed by atoms with Crippen LogP contribution in [-0.2, 0) is 6.42 Å². The third-order valence-corrected chi connectivity index (χ3v) is 3.22. The summed E-state index contributed by atoms with van der Waals surface area (Å²) in [7, 11) is 0. The molecule has 2 rings (SSSR count). The lowest BCUT2D eigenvalue weighted by Crippen LogP contribution is -2.34. The van der Waals surface area contributed by atoms with Crippen molar-refractivity contribution in [3.8, 4) is 0 Å². The van der Waals surface area contributed by atoms with Crippen molar-refractivity contribution in [2.75, 3.05) is 0 Å². The van der Waals surface area contributed by atoms with Crippen LogP contribution in [0.2, 0.25) is 0 Å². The molecule has 1 N–H and O–H groups in total. The number of thiophene rings is 1. The summed E-state index contributed by atoms with van der Waals surface area (Å²) in [6.45, 7) is 3.74. The first-order valence-electron chi connectivity index (χ1n) is 5.41. The molecule has 1 atom stereocenters. The second-order valence-electron chi connectivity index (χ2n) is 3.98. The molecule has 0 bridgehead atoms. The highest BCUT2D eigenvalue weighted by atomic mass is 32.1. The second-order valence-corrected chi connectivity index (χ2v) is 5.01. The van der Waals surface area contributed by atoms with Gasteiger partial charge in [-0.05, 0) is 25.3 Å². The second kappa shape index (κ2) is 5.14. The average Bonchev–Trinajstić information content (AvgIpc) is 2.89. The molecule has 0 fully saturated rings. The normalized spacial score (nSPS) is 12.4. The van der Waals surface area contributed by atoms with Crippen molar-refractivity contribution < 1.29 is 9.32 Å². The molecule has 1 amide bonds. The standard InChI is InChI=1S/C12H14N2O2S/c1-8(6-10-4-3-5-17-10)13-12(15)11-7-9(2)16-14-11/h3-5,7-8H,6H2,1-2H3,(H,13,15)/t8-/m0/s1. The van der Waals surface area contributed by atoms with Crippen LogP contribution in [0.1, 0.15) is 28.0 Å². The Kier molecular flexibility index (Phi) is 3.58. The first-order chi connectivity index (χ1) is 8.15. The quantitative estimate of drug-likeness (QED) is 0.906. The topological polar surface area (TPSA) is 55.1 Å². The van der Waals surface area contributed by atoms with Crippen LogP contribution in [0.5, 0.6) is 0 Å². The zero-order valence-corrected chi connectivity index (χ0v) is 10.6. The van der Waals surface area contributed by atoms with Gasteiger partial charge in [-0.15, -0.1) is 11.3 Å². The van der Waals surface area contributed by atoms with Gasteiger partial charge in [0.15, 0.2) is 5.69 Å². The van der Waals surface area contributed by atoms with Crippen molar-refractivity contribution in [1.82, 2.24) is 10.5 Å². The minimum absolute atomic E-state index is 0.0816. The van der Waals surface area contributed by atoms with Crippen molar-refractivity contribution in [2.45, 2.75) is 26.3 Å². The summed E-state index contributed by atoms with van der Waals surface area (Å²) in [6.07, 6.45) is 0.834. The number of nitrogens with one attached hydrogen (secondary N) is 1. The first kappa shape index (κ1) is 11.9. The van der Waals surface area contributed by atoms with E-state index in [1.54, 1.807) is 24.3 Å². The third kappa shape index (κ3) is 3.17. The number of aromatic nitrogens is 1. The lowest BCUT2D eigenvalue weighted by molar-refractivity contribution is 0.0931. The number of hydrogen-bond acceptors (Lipinski definition) is 4. The van der Waals surface area contributed by atoms with E-state index in [0.717, 1.165) is 6.42 Å². The van der Waals surface area contributed by atoms with E-state index < -0.39 is 0 Å². The number of aryl methyl sites for hydroxylation is 1. The largest absolute Gasteiger partial charge is 0.361 e. The summed E-state index contributed by atoms with van der Waals surface area (Å²) < 4.78 is 4.86. The van der Waals surface area contributed by atoms with E-state index in [9.17, 15) is 4.79 Å². The lowest BCUT2D eigenvalue weighted by atomic mass is 10.2. The monoisotopic (exact) mass is 250 g/mol. The van der Waals surface area contributed by atoms with Crippen LogP contribution in [-0.4, -0.2) is 17.1 Å². The zero-order chi connectivity index (χ0) is 12.3. The van der Waals surface area contributed by atoms with E-state index in [0.29, 0.717) is 11.5 Å². The molecule has 2 aromatic heterocycles. The number of carbonyl (C=O) groups is 1. The van der Waals surface area contributed by atoms with Gasteiger partial charge < -0.3 is 9.84 Å². The molecule has 0 aromatic carbocycles. The van der Waals surface area contributed by atoms with Crippen LogP contribution in [0.4, 0.5) is 0 Å². The van der Waals surface area contributed by atoms with Crippen molar-refractivity contribution in [1.29, 1.82) is 0 Å². The van der Waals surface area contributed by atoms with Gasteiger partial charge >= 0.3 is 0 Å². The Bertz CT molecular complexity index is 490. The summed E-state index contributed by atoms with van der Waals surface area (Å²) in [4.78, 5) is 13.0. The van der Waals surface area contributed by atoms with Crippen LogP contribution in [0.25, 0.3) is 0 Å². The van der Waals surface area contributed by atoms with Gasteiger partial charge in [0.2, 0.25) is 0 Å². The number of hydrogen-bond donors (Lipinski definition) is 1. The van der Waals surface area contributed by atoms with Gasteiger partial charge in [0, 0.05) is 23.4 Å². The highest BCUT2D eigenvalue weighted by Crippen LogP contribution is 2.11. The molecule has 0 unspecified atom stereocenters. The molecule has 0 aliphatic rings. The zero-order valence-electron chi connectivity index (χ0n) is 9.77. The Balaban J connectivity index is 1.90. The summed E-state index contributed by atoms with van der Waals surface area (Å²) in [5.41, 5.74) is 0.334.